The molecule has 3 rings (SSSR count). The van der Waals surface area contributed by atoms with Crippen molar-refractivity contribution in [2.24, 2.45) is 0 Å². The summed E-state index contributed by atoms with van der Waals surface area (Å²) in [4.78, 5) is 12.4. The van der Waals surface area contributed by atoms with Gasteiger partial charge in [-0.05, 0) is 35.7 Å². The van der Waals surface area contributed by atoms with Crippen molar-refractivity contribution in [3.05, 3.63) is 41.0 Å². The Morgan fingerprint density at radius 3 is 2.22 bits per heavy atom. The van der Waals surface area contributed by atoms with Crippen molar-refractivity contribution in [1.82, 2.24) is 5.32 Å². The maximum absolute atomic E-state index is 12.4. The third kappa shape index (κ3) is 3.32. The summed E-state index contributed by atoms with van der Waals surface area (Å²) < 4.78 is 21.7. The molecule has 1 heterocycles. The normalized spacial score (nSPS) is 16.0. The number of aryl methyl sites for hydroxylation is 1. The van der Waals surface area contributed by atoms with Crippen LogP contribution in [0.2, 0.25) is 0 Å². The SMILES string of the molecule is COc1ccc(C2NC(=O)CCc3cc(OC)c(OC)c(OC)c32)cc1O. The van der Waals surface area contributed by atoms with Gasteiger partial charge in [0.05, 0.1) is 34.5 Å². The van der Waals surface area contributed by atoms with E-state index < -0.39 is 6.04 Å². The number of carbonyl (C=O) groups excluding carboxylic acids is 1. The highest BCUT2D eigenvalue weighted by Crippen LogP contribution is 2.47. The molecule has 144 valence electrons. The van der Waals surface area contributed by atoms with Crippen LogP contribution in [0.25, 0.3) is 0 Å². The fourth-order valence-corrected chi connectivity index (χ4v) is 3.44. The molecule has 1 unspecified atom stereocenters. The molecule has 0 aliphatic carbocycles. The first kappa shape index (κ1) is 18.7. The predicted molar refractivity (Wildman–Crippen MR) is 99.1 cm³/mol. The lowest BCUT2D eigenvalue weighted by atomic mass is 9.92. The van der Waals surface area contributed by atoms with E-state index in [0.29, 0.717) is 41.4 Å². The summed E-state index contributed by atoms with van der Waals surface area (Å²) in [5, 5.41) is 13.2. The summed E-state index contributed by atoms with van der Waals surface area (Å²) in [5.74, 6) is 1.75. The molecular formula is C20H23NO6. The lowest BCUT2D eigenvalue weighted by Crippen LogP contribution is -2.27. The number of methoxy groups -OCH3 is 4. The predicted octanol–water partition coefficient (Wildman–Crippen LogP) is 2.58. The fourth-order valence-electron chi connectivity index (χ4n) is 3.44. The summed E-state index contributed by atoms with van der Waals surface area (Å²) in [6.07, 6.45) is 0.876. The molecule has 0 aromatic heterocycles. The van der Waals surface area contributed by atoms with Gasteiger partial charge in [-0.3, -0.25) is 4.79 Å². The molecule has 2 N–H and O–H groups in total. The van der Waals surface area contributed by atoms with Crippen molar-refractivity contribution in [3.8, 4) is 28.7 Å². The van der Waals surface area contributed by atoms with Crippen LogP contribution in [-0.4, -0.2) is 39.5 Å². The van der Waals surface area contributed by atoms with Gasteiger partial charge in [0.2, 0.25) is 11.7 Å². The van der Waals surface area contributed by atoms with Gasteiger partial charge in [-0.15, -0.1) is 0 Å². The number of carbonyl (C=O) groups is 1. The zero-order valence-corrected chi connectivity index (χ0v) is 15.8. The van der Waals surface area contributed by atoms with E-state index in [-0.39, 0.29) is 11.7 Å². The van der Waals surface area contributed by atoms with E-state index in [1.165, 1.54) is 14.2 Å². The van der Waals surface area contributed by atoms with Gasteiger partial charge in [0, 0.05) is 12.0 Å². The van der Waals surface area contributed by atoms with Crippen molar-refractivity contribution < 1.29 is 28.8 Å². The number of hydrogen-bond acceptors (Lipinski definition) is 6. The summed E-state index contributed by atoms with van der Waals surface area (Å²) in [6.45, 7) is 0. The molecule has 7 heteroatoms. The zero-order valence-electron chi connectivity index (χ0n) is 15.8. The minimum atomic E-state index is -0.512. The molecular weight excluding hydrogens is 350 g/mol. The van der Waals surface area contributed by atoms with Gasteiger partial charge >= 0.3 is 0 Å². The highest BCUT2D eigenvalue weighted by atomic mass is 16.5. The molecule has 2 aromatic rings. The van der Waals surface area contributed by atoms with Crippen molar-refractivity contribution in [1.29, 1.82) is 0 Å². The summed E-state index contributed by atoms with van der Waals surface area (Å²) in [5.41, 5.74) is 2.41. The number of phenols is 1. The summed E-state index contributed by atoms with van der Waals surface area (Å²) >= 11 is 0. The Balaban J connectivity index is 2.24. The number of fused-ring (bicyclic) bond motifs is 1. The summed E-state index contributed by atoms with van der Waals surface area (Å²) in [7, 11) is 6.13. The van der Waals surface area contributed by atoms with Crippen LogP contribution in [0.4, 0.5) is 0 Å². The third-order valence-electron chi connectivity index (χ3n) is 4.71. The molecule has 0 fully saturated rings. The average Bonchev–Trinajstić information content (AvgIpc) is 2.85. The number of nitrogens with one attached hydrogen (secondary N) is 1. The Hall–Kier alpha value is -3.09. The van der Waals surface area contributed by atoms with Gasteiger partial charge in [0.25, 0.3) is 0 Å². The first-order chi connectivity index (χ1) is 13.0. The number of rotatable bonds is 5. The van der Waals surface area contributed by atoms with Crippen molar-refractivity contribution >= 4 is 5.91 Å². The quantitative estimate of drug-likeness (QED) is 0.838. The Kier molecular flexibility index (Phi) is 5.30. The highest BCUT2D eigenvalue weighted by Gasteiger charge is 2.31. The number of phenolic OH excluding ortho intramolecular Hbond substituents is 1. The zero-order chi connectivity index (χ0) is 19.6. The number of amides is 1. The fraction of sp³-hybridized carbons (Fsp3) is 0.350. The lowest BCUT2D eigenvalue weighted by Gasteiger charge is -2.24. The van der Waals surface area contributed by atoms with Gasteiger partial charge < -0.3 is 29.4 Å². The second-order valence-corrected chi connectivity index (χ2v) is 6.15. The first-order valence-corrected chi connectivity index (χ1v) is 8.52. The molecule has 1 amide bonds. The molecule has 27 heavy (non-hydrogen) atoms. The van der Waals surface area contributed by atoms with Crippen LogP contribution in [0, 0.1) is 0 Å². The Labute approximate surface area is 157 Å². The van der Waals surface area contributed by atoms with Crippen LogP contribution in [0.1, 0.15) is 29.2 Å². The molecule has 0 spiro atoms. The van der Waals surface area contributed by atoms with E-state index in [2.05, 4.69) is 5.32 Å². The maximum Gasteiger partial charge on any atom is 0.221 e. The molecule has 0 saturated carbocycles. The molecule has 1 aliphatic heterocycles. The average molecular weight is 373 g/mol. The maximum atomic E-state index is 12.4. The van der Waals surface area contributed by atoms with Gasteiger partial charge in [-0.1, -0.05) is 6.07 Å². The number of ether oxygens (including phenoxy) is 4. The third-order valence-corrected chi connectivity index (χ3v) is 4.71. The van der Waals surface area contributed by atoms with Gasteiger partial charge in [-0.25, -0.2) is 0 Å². The standard InChI is InChI=1S/C20H23NO6/c1-24-14-7-5-12(9-13(14)22)18-17-11(6-8-16(23)21-18)10-15(25-2)19(26-3)20(17)27-4/h5,7,9-10,18,22H,6,8H2,1-4H3,(H,21,23). The van der Waals surface area contributed by atoms with E-state index in [0.717, 1.165) is 11.1 Å². The van der Waals surface area contributed by atoms with Crippen LogP contribution in [0.15, 0.2) is 24.3 Å². The lowest BCUT2D eigenvalue weighted by molar-refractivity contribution is -0.121. The first-order valence-electron chi connectivity index (χ1n) is 8.52. The van der Waals surface area contributed by atoms with Crippen molar-refractivity contribution in [2.75, 3.05) is 28.4 Å². The highest BCUT2D eigenvalue weighted by molar-refractivity contribution is 5.79. The van der Waals surface area contributed by atoms with Crippen LogP contribution in [0.3, 0.4) is 0 Å². The van der Waals surface area contributed by atoms with Crippen LogP contribution in [-0.2, 0) is 11.2 Å². The van der Waals surface area contributed by atoms with E-state index in [1.54, 1.807) is 32.4 Å². The van der Waals surface area contributed by atoms with Crippen molar-refractivity contribution in [3.63, 3.8) is 0 Å². The monoisotopic (exact) mass is 373 g/mol. The van der Waals surface area contributed by atoms with Gasteiger partial charge in [0.15, 0.2) is 23.0 Å². The van der Waals surface area contributed by atoms with Crippen LogP contribution in [0.5, 0.6) is 28.7 Å². The van der Waals surface area contributed by atoms with Gasteiger partial charge in [0.1, 0.15) is 0 Å². The number of hydrogen-bond donors (Lipinski definition) is 2. The largest absolute Gasteiger partial charge is 0.504 e. The minimum absolute atomic E-state index is 0.00510. The van der Waals surface area contributed by atoms with Crippen LogP contribution < -0.4 is 24.3 Å². The Morgan fingerprint density at radius 2 is 1.63 bits per heavy atom. The van der Waals surface area contributed by atoms with Crippen molar-refractivity contribution in [2.45, 2.75) is 18.9 Å². The Morgan fingerprint density at radius 1 is 0.926 bits per heavy atom. The van der Waals surface area contributed by atoms with Gasteiger partial charge in [-0.2, -0.15) is 0 Å². The van der Waals surface area contributed by atoms with E-state index >= 15 is 0 Å². The molecule has 2 aromatic carbocycles. The van der Waals surface area contributed by atoms with Crippen LogP contribution >= 0.6 is 0 Å². The molecule has 0 bridgehead atoms. The molecule has 0 radical (unpaired) electrons. The van der Waals surface area contributed by atoms with E-state index in [1.807, 2.05) is 6.07 Å². The number of benzene rings is 2. The molecule has 7 nitrogen and oxygen atoms in total. The molecule has 1 aliphatic rings. The van der Waals surface area contributed by atoms with E-state index in [4.69, 9.17) is 18.9 Å². The topological polar surface area (TPSA) is 86.3 Å². The Bertz CT molecular complexity index is 864. The van der Waals surface area contributed by atoms with E-state index in [9.17, 15) is 9.90 Å². The second-order valence-electron chi connectivity index (χ2n) is 6.15. The summed E-state index contributed by atoms with van der Waals surface area (Å²) in [6, 6.07) is 6.40. The minimum Gasteiger partial charge on any atom is -0.504 e. The number of aromatic hydroxyl groups is 1. The molecule has 0 saturated heterocycles. The second kappa shape index (κ2) is 7.65. The molecule has 1 atom stereocenters. The smallest absolute Gasteiger partial charge is 0.221 e.